The summed E-state index contributed by atoms with van der Waals surface area (Å²) in [5.41, 5.74) is 0.459. The zero-order valence-electron chi connectivity index (χ0n) is 16.7. The van der Waals surface area contributed by atoms with Crippen LogP contribution in [0.5, 0.6) is 0 Å². The molecule has 0 bridgehead atoms. The maximum atomic E-state index is 13.4. The molecule has 10 nitrogen and oxygen atoms in total. The lowest BCUT2D eigenvalue weighted by Gasteiger charge is -2.32. The Labute approximate surface area is 176 Å². The highest BCUT2D eigenvalue weighted by Gasteiger charge is 2.39. The zero-order valence-corrected chi connectivity index (χ0v) is 16.7. The third kappa shape index (κ3) is 3.40. The third-order valence-corrected chi connectivity index (χ3v) is 5.80. The van der Waals surface area contributed by atoms with Gasteiger partial charge in [-0.05, 0) is 25.0 Å². The predicted octanol–water partition coefficient (Wildman–Crippen LogP) is 1.21. The molecule has 2 fully saturated rings. The van der Waals surface area contributed by atoms with Crippen LogP contribution < -0.4 is 21.5 Å². The van der Waals surface area contributed by atoms with Crippen LogP contribution in [0.2, 0.25) is 0 Å². The lowest BCUT2D eigenvalue weighted by atomic mass is 9.89. The van der Waals surface area contributed by atoms with E-state index in [1.807, 2.05) is 0 Å². The molecule has 0 radical (unpaired) electrons. The summed E-state index contributed by atoms with van der Waals surface area (Å²) in [5.74, 6) is 0.505. The molecule has 3 aromatic rings. The average molecular weight is 427 g/mol. The minimum absolute atomic E-state index is 0.253. The highest BCUT2D eigenvalue weighted by Crippen LogP contribution is 2.37. The summed E-state index contributed by atoms with van der Waals surface area (Å²) < 4.78 is 16.3. The molecular weight excluding hydrogens is 405 g/mol. The number of aromatic nitrogens is 4. The van der Waals surface area contributed by atoms with Crippen LogP contribution in [0.25, 0.3) is 5.65 Å². The average Bonchev–Trinajstić information content (AvgIpc) is 3.32. The number of hydrogen-bond donors (Lipinski definition) is 4. The van der Waals surface area contributed by atoms with Gasteiger partial charge in [0.1, 0.15) is 29.1 Å². The van der Waals surface area contributed by atoms with Gasteiger partial charge < -0.3 is 25.6 Å². The first-order chi connectivity index (χ1) is 15.0. The van der Waals surface area contributed by atoms with Gasteiger partial charge in [0.05, 0.1) is 24.4 Å². The number of aliphatic hydroxyl groups is 1. The van der Waals surface area contributed by atoms with Gasteiger partial charge in [0, 0.05) is 25.7 Å². The highest BCUT2D eigenvalue weighted by molar-refractivity contribution is 6.00. The molecular formula is C20H22FN7O3. The second-order valence-corrected chi connectivity index (χ2v) is 7.87. The Morgan fingerprint density at radius 1 is 1.35 bits per heavy atom. The van der Waals surface area contributed by atoms with Gasteiger partial charge in [0.25, 0.3) is 11.5 Å². The summed E-state index contributed by atoms with van der Waals surface area (Å²) in [4.78, 5) is 29.9. The molecule has 0 unspecified atom stereocenters. The van der Waals surface area contributed by atoms with E-state index in [9.17, 15) is 19.1 Å². The fourth-order valence-electron chi connectivity index (χ4n) is 3.71. The number of nitrogens with zero attached hydrogens (tertiary/aromatic N) is 4. The van der Waals surface area contributed by atoms with E-state index in [-0.39, 0.29) is 28.8 Å². The smallest absolute Gasteiger partial charge is 0.274 e. The van der Waals surface area contributed by atoms with Crippen molar-refractivity contribution in [3.63, 3.8) is 0 Å². The maximum Gasteiger partial charge on any atom is 0.274 e. The van der Waals surface area contributed by atoms with E-state index in [1.165, 1.54) is 15.3 Å². The molecule has 0 aliphatic heterocycles. The monoisotopic (exact) mass is 427 g/mol. The highest BCUT2D eigenvalue weighted by atomic mass is 19.1. The predicted molar refractivity (Wildman–Crippen MR) is 112 cm³/mol. The fourth-order valence-corrected chi connectivity index (χ4v) is 3.71. The molecule has 0 spiro atoms. The summed E-state index contributed by atoms with van der Waals surface area (Å²) >= 11 is 0. The van der Waals surface area contributed by atoms with Crippen molar-refractivity contribution in [1.82, 2.24) is 24.5 Å². The molecule has 3 aromatic heterocycles. The van der Waals surface area contributed by atoms with Crippen LogP contribution >= 0.6 is 0 Å². The molecule has 162 valence electrons. The van der Waals surface area contributed by atoms with Crippen molar-refractivity contribution in [2.75, 3.05) is 17.7 Å². The maximum absolute atomic E-state index is 13.4. The largest absolute Gasteiger partial charge is 0.391 e. The molecule has 0 saturated heterocycles. The van der Waals surface area contributed by atoms with E-state index in [2.05, 4.69) is 26.0 Å². The summed E-state index contributed by atoms with van der Waals surface area (Å²) in [6.45, 7) is 0. The van der Waals surface area contributed by atoms with Gasteiger partial charge >= 0.3 is 0 Å². The van der Waals surface area contributed by atoms with Crippen LogP contribution in [0.1, 0.15) is 35.7 Å². The molecule has 0 aromatic carbocycles. The SMILES string of the molecule is CNc1cc(Nc2cccn([C@H]3C[C@@H]3F)c2=O)nc2c(C(=O)N[C@@H]3CC[C@@H]3O)cnn12. The van der Waals surface area contributed by atoms with Gasteiger partial charge in [-0.25, -0.2) is 9.37 Å². The fraction of sp³-hybridized carbons (Fsp3) is 0.400. The molecule has 4 N–H and O–H groups in total. The molecule has 3 heterocycles. The van der Waals surface area contributed by atoms with Crippen LogP contribution in [0.4, 0.5) is 21.7 Å². The number of anilines is 3. The number of nitrogens with one attached hydrogen (secondary N) is 3. The molecule has 4 atom stereocenters. The topological polar surface area (TPSA) is 126 Å². The van der Waals surface area contributed by atoms with Crippen molar-refractivity contribution in [2.45, 2.75) is 43.6 Å². The first kappa shape index (κ1) is 19.5. The molecule has 2 aliphatic carbocycles. The van der Waals surface area contributed by atoms with Crippen molar-refractivity contribution in [3.05, 3.63) is 46.5 Å². The van der Waals surface area contributed by atoms with Gasteiger partial charge in [-0.15, -0.1) is 0 Å². The number of aliphatic hydroxyl groups excluding tert-OH is 1. The van der Waals surface area contributed by atoms with E-state index >= 15 is 0 Å². The number of carbonyl (C=O) groups excluding carboxylic acids is 1. The van der Waals surface area contributed by atoms with E-state index < -0.39 is 18.3 Å². The lowest BCUT2D eigenvalue weighted by molar-refractivity contribution is 0.0448. The van der Waals surface area contributed by atoms with Crippen molar-refractivity contribution >= 4 is 28.9 Å². The molecule has 5 rings (SSSR count). The van der Waals surface area contributed by atoms with Crippen molar-refractivity contribution in [1.29, 1.82) is 0 Å². The quantitative estimate of drug-likeness (QED) is 0.466. The number of amides is 1. The van der Waals surface area contributed by atoms with Gasteiger partial charge in [0.2, 0.25) is 0 Å². The summed E-state index contributed by atoms with van der Waals surface area (Å²) in [6, 6.07) is 4.22. The van der Waals surface area contributed by atoms with Crippen LogP contribution in [-0.2, 0) is 0 Å². The number of hydrogen-bond acceptors (Lipinski definition) is 7. The molecule has 2 aliphatic rings. The van der Waals surface area contributed by atoms with Gasteiger partial charge in [-0.3, -0.25) is 9.59 Å². The van der Waals surface area contributed by atoms with Gasteiger partial charge in [-0.2, -0.15) is 9.61 Å². The Hall–Kier alpha value is -3.47. The Balaban J connectivity index is 1.48. The van der Waals surface area contributed by atoms with E-state index in [0.717, 1.165) is 6.42 Å². The Morgan fingerprint density at radius 2 is 2.16 bits per heavy atom. The second kappa shape index (κ2) is 7.34. The number of rotatable bonds is 6. The minimum Gasteiger partial charge on any atom is -0.391 e. The molecule has 1 amide bonds. The number of pyridine rings is 1. The van der Waals surface area contributed by atoms with Gasteiger partial charge in [0.15, 0.2) is 5.65 Å². The second-order valence-electron chi connectivity index (χ2n) is 7.87. The normalized spacial score (nSPS) is 24.5. The summed E-state index contributed by atoms with van der Waals surface area (Å²) in [5, 5.41) is 22.7. The van der Waals surface area contributed by atoms with Crippen LogP contribution in [-0.4, -0.2) is 55.5 Å². The Morgan fingerprint density at radius 3 is 2.81 bits per heavy atom. The van der Waals surface area contributed by atoms with Crippen molar-refractivity contribution in [3.8, 4) is 0 Å². The van der Waals surface area contributed by atoms with E-state index in [4.69, 9.17) is 0 Å². The standard InChI is InChI=1S/C20H22FN7O3/c1-22-17-8-16(24-13-3-2-6-27(20(13)31)14-7-11(14)21)26-18-10(9-23-28(17)18)19(30)25-12-4-5-15(12)29/h2-3,6,8-9,11-12,14-15,22,29H,4-5,7H2,1H3,(H,24,26)(H,25,30)/t11-,12+,14-,15-/m0/s1. The molecule has 11 heteroatoms. The van der Waals surface area contributed by atoms with Gasteiger partial charge in [-0.1, -0.05) is 0 Å². The summed E-state index contributed by atoms with van der Waals surface area (Å²) in [7, 11) is 1.70. The van der Waals surface area contributed by atoms with Crippen LogP contribution in [0, 0.1) is 0 Å². The number of alkyl halides is 1. The first-order valence-electron chi connectivity index (χ1n) is 10.1. The van der Waals surface area contributed by atoms with Crippen molar-refractivity contribution in [2.24, 2.45) is 0 Å². The third-order valence-electron chi connectivity index (χ3n) is 5.80. The zero-order chi connectivity index (χ0) is 21.7. The molecule has 2 saturated carbocycles. The minimum atomic E-state index is -1.000. The lowest BCUT2D eigenvalue weighted by Crippen LogP contribution is -2.50. The van der Waals surface area contributed by atoms with E-state index in [0.29, 0.717) is 30.1 Å². The Kier molecular flexibility index (Phi) is 4.62. The Bertz CT molecular complexity index is 1220. The van der Waals surface area contributed by atoms with Crippen LogP contribution in [0.15, 0.2) is 35.4 Å². The van der Waals surface area contributed by atoms with E-state index in [1.54, 1.807) is 31.4 Å². The number of carbonyl (C=O) groups is 1. The van der Waals surface area contributed by atoms with Crippen LogP contribution in [0.3, 0.4) is 0 Å². The summed E-state index contributed by atoms with van der Waals surface area (Å²) in [6.07, 6.45) is 3.16. The first-order valence-corrected chi connectivity index (χ1v) is 10.1. The number of halogens is 1. The number of fused-ring (bicyclic) bond motifs is 1. The van der Waals surface area contributed by atoms with Crippen molar-refractivity contribution < 1.29 is 14.3 Å². The molecule has 31 heavy (non-hydrogen) atoms.